The Morgan fingerprint density at radius 3 is 2.35 bits per heavy atom. The van der Waals surface area contributed by atoms with E-state index in [1.54, 1.807) is 0 Å². The van der Waals surface area contributed by atoms with Crippen molar-refractivity contribution < 1.29 is 25.5 Å². The zero-order chi connectivity index (χ0) is 27.4. The third kappa shape index (κ3) is 5.55. The van der Waals surface area contributed by atoms with Gasteiger partial charge in [-0.05, 0) is 102 Å². The summed E-state index contributed by atoms with van der Waals surface area (Å²) in [6.45, 7) is 11.1. The van der Waals surface area contributed by atoms with Crippen LogP contribution in [0.1, 0.15) is 66.7 Å². The summed E-state index contributed by atoms with van der Waals surface area (Å²) in [6, 6.07) is 0. The van der Waals surface area contributed by atoms with Crippen molar-refractivity contribution >= 4 is 0 Å². The molecule has 2 saturated carbocycles. The highest BCUT2D eigenvalue weighted by atomic mass is 16.3. The largest absolute Gasteiger partial charge is 0.512 e. The Labute approximate surface area is 223 Å². The van der Waals surface area contributed by atoms with E-state index < -0.39 is 24.5 Å². The van der Waals surface area contributed by atoms with Crippen LogP contribution >= 0.6 is 0 Å². The van der Waals surface area contributed by atoms with Crippen molar-refractivity contribution in [3.05, 3.63) is 23.5 Å². The molecule has 0 aromatic carbocycles. The average molecular weight is 521 g/mol. The molecule has 0 bridgehead atoms. The average Bonchev–Trinajstić information content (AvgIpc) is 2.72. The number of allylic oxidation sites excluding steroid dienone is 2. The van der Waals surface area contributed by atoms with Crippen molar-refractivity contribution in [3.63, 3.8) is 0 Å². The first-order chi connectivity index (χ1) is 17.1. The Kier molecular flexibility index (Phi) is 8.28. The molecule has 12 atom stereocenters. The molecule has 6 N–H and O–H groups in total. The van der Waals surface area contributed by atoms with Gasteiger partial charge in [-0.15, -0.1) is 0 Å². The van der Waals surface area contributed by atoms with E-state index in [1.165, 1.54) is 0 Å². The van der Waals surface area contributed by atoms with E-state index in [1.807, 2.05) is 33.8 Å². The Bertz CT molecular complexity index is 882. The molecule has 7 nitrogen and oxygen atoms in total. The smallest absolute Gasteiger partial charge is 0.131 e. The van der Waals surface area contributed by atoms with Crippen LogP contribution in [0, 0.1) is 46.8 Å². The lowest BCUT2D eigenvalue weighted by Crippen LogP contribution is -2.64. The van der Waals surface area contributed by atoms with Crippen LogP contribution in [0.15, 0.2) is 23.5 Å². The van der Waals surface area contributed by atoms with Crippen LogP contribution in [0.2, 0.25) is 0 Å². The molecular formula is C30H52N2O5. The fraction of sp³-hybridized carbons (Fsp3) is 0.867. The highest BCUT2D eigenvalue weighted by Gasteiger charge is 2.62. The van der Waals surface area contributed by atoms with Crippen molar-refractivity contribution in [2.75, 3.05) is 20.6 Å². The highest BCUT2D eigenvalue weighted by molar-refractivity contribution is 5.25. The van der Waals surface area contributed by atoms with Gasteiger partial charge < -0.3 is 30.4 Å². The molecule has 0 saturated heterocycles. The van der Waals surface area contributed by atoms with Crippen LogP contribution < -0.4 is 5.32 Å². The molecule has 0 spiro atoms. The van der Waals surface area contributed by atoms with Gasteiger partial charge in [0.05, 0.1) is 24.1 Å². The quantitative estimate of drug-likeness (QED) is 0.236. The van der Waals surface area contributed by atoms with E-state index in [0.717, 1.165) is 32.2 Å². The van der Waals surface area contributed by atoms with Crippen molar-refractivity contribution in [3.8, 4) is 0 Å². The van der Waals surface area contributed by atoms with Crippen molar-refractivity contribution in [1.82, 2.24) is 10.2 Å². The molecule has 4 aliphatic rings. The summed E-state index contributed by atoms with van der Waals surface area (Å²) in [5.74, 6) is -0.248. The fourth-order valence-electron chi connectivity index (χ4n) is 8.82. The molecule has 2 fully saturated rings. The number of fused-ring (bicyclic) bond motifs is 3. The summed E-state index contributed by atoms with van der Waals surface area (Å²) in [4.78, 5) is 2.19. The zero-order valence-corrected chi connectivity index (χ0v) is 23.9. The van der Waals surface area contributed by atoms with Gasteiger partial charge in [-0.25, -0.2) is 0 Å². The number of hydrogen-bond acceptors (Lipinski definition) is 7. The first kappa shape index (κ1) is 29.0. The third-order valence-corrected chi connectivity index (χ3v) is 10.2. The lowest BCUT2D eigenvalue weighted by atomic mass is 9.45. The van der Waals surface area contributed by atoms with Gasteiger partial charge in [0.2, 0.25) is 0 Å². The van der Waals surface area contributed by atoms with Gasteiger partial charge in [-0.2, -0.15) is 0 Å². The number of aliphatic hydroxyl groups is 5. The van der Waals surface area contributed by atoms with Crippen molar-refractivity contribution in [2.24, 2.45) is 46.8 Å². The molecule has 4 aliphatic carbocycles. The summed E-state index contributed by atoms with van der Waals surface area (Å²) in [5.41, 5.74) is -0.0652. The molecule has 10 unspecified atom stereocenters. The van der Waals surface area contributed by atoms with Gasteiger partial charge >= 0.3 is 0 Å². The molecule has 0 aromatic heterocycles. The van der Waals surface area contributed by atoms with E-state index in [-0.39, 0.29) is 52.2 Å². The monoisotopic (exact) mass is 520 g/mol. The predicted octanol–water partition coefficient (Wildman–Crippen LogP) is 3.05. The Morgan fingerprint density at radius 1 is 1.08 bits per heavy atom. The summed E-state index contributed by atoms with van der Waals surface area (Å²) >= 11 is 0. The van der Waals surface area contributed by atoms with Crippen molar-refractivity contribution in [1.29, 1.82) is 0 Å². The number of nitrogens with zero attached hydrogens (tertiary/aromatic N) is 1. The second kappa shape index (κ2) is 10.5. The van der Waals surface area contributed by atoms with E-state index in [2.05, 4.69) is 37.3 Å². The van der Waals surface area contributed by atoms with Crippen LogP contribution in [0.3, 0.4) is 0 Å². The molecule has 7 heteroatoms. The second-order valence-electron chi connectivity index (χ2n) is 14.3. The SMILES string of the molecule is CC1C(C(O)NC(C)(C)C)=C(O)CC2C[C@]3(C)CC4C(CCCN(C)C)C=CC(O)C4C(O)[C@@H]3C(O)C21. The lowest BCUT2D eigenvalue weighted by molar-refractivity contribution is -0.210. The lowest BCUT2D eigenvalue weighted by Gasteiger charge is -2.62. The maximum atomic E-state index is 11.9. The molecule has 37 heavy (non-hydrogen) atoms. The normalized spacial score (nSPS) is 44.9. The summed E-state index contributed by atoms with van der Waals surface area (Å²) in [7, 11) is 4.16. The van der Waals surface area contributed by atoms with E-state index in [4.69, 9.17) is 0 Å². The summed E-state index contributed by atoms with van der Waals surface area (Å²) < 4.78 is 0. The maximum absolute atomic E-state index is 11.9. The molecule has 212 valence electrons. The highest BCUT2D eigenvalue weighted by Crippen LogP contribution is 2.62. The number of rotatable bonds is 6. The molecule has 0 amide bonds. The molecule has 4 rings (SSSR count). The maximum Gasteiger partial charge on any atom is 0.131 e. The Morgan fingerprint density at radius 2 is 1.73 bits per heavy atom. The summed E-state index contributed by atoms with van der Waals surface area (Å²) in [6.07, 6.45) is 4.93. The first-order valence-electron chi connectivity index (χ1n) is 14.4. The molecular weight excluding hydrogens is 468 g/mol. The first-order valence-corrected chi connectivity index (χ1v) is 14.4. The van der Waals surface area contributed by atoms with Crippen LogP contribution in [0.4, 0.5) is 0 Å². The Hall–Kier alpha value is -0.960. The predicted molar refractivity (Wildman–Crippen MR) is 146 cm³/mol. The number of aliphatic hydroxyl groups excluding tert-OH is 5. The number of hydrogen-bond donors (Lipinski definition) is 6. The van der Waals surface area contributed by atoms with Crippen LogP contribution in [-0.2, 0) is 0 Å². The minimum atomic E-state index is -0.995. The topological polar surface area (TPSA) is 116 Å². The zero-order valence-electron chi connectivity index (χ0n) is 23.9. The van der Waals surface area contributed by atoms with Gasteiger partial charge in [0.1, 0.15) is 6.23 Å². The van der Waals surface area contributed by atoms with Gasteiger partial charge in [-0.1, -0.05) is 26.0 Å². The van der Waals surface area contributed by atoms with E-state index in [9.17, 15) is 25.5 Å². The molecule has 0 aromatic rings. The molecule has 0 heterocycles. The van der Waals surface area contributed by atoms with Crippen LogP contribution in [0.25, 0.3) is 0 Å². The Balaban J connectivity index is 1.61. The molecule has 0 radical (unpaired) electrons. The number of nitrogens with one attached hydrogen (secondary N) is 1. The minimum Gasteiger partial charge on any atom is -0.512 e. The van der Waals surface area contributed by atoms with Crippen LogP contribution in [-0.4, -0.2) is 81.2 Å². The van der Waals surface area contributed by atoms with E-state index >= 15 is 0 Å². The standard InChI is InChI=1S/C30H52N2O5/c1-16-22-18(13-21(34)23(16)28(37)31-29(2,3)4)14-30(5)15-19-17(9-8-12-32(6)7)10-11-20(33)24(19)27(36)25(30)26(22)35/h10-11,16-20,22,24-28,31,33-37H,8-9,12-15H2,1-7H3/t16?,17?,18?,19?,20?,22?,24?,25-,26?,27?,28?,30+/m0/s1. The van der Waals surface area contributed by atoms with Gasteiger partial charge in [-0.3, -0.25) is 5.32 Å². The minimum absolute atomic E-state index is 0.0804. The van der Waals surface area contributed by atoms with Crippen molar-refractivity contribution in [2.45, 2.75) is 96.8 Å². The second-order valence-corrected chi connectivity index (χ2v) is 14.3. The van der Waals surface area contributed by atoms with Crippen LogP contribution in [0.5, 0.6) is 0 Å². The fourth-order valence-corrected chi connectivity index (χ4v) is 8.82. The van der Waals surface area contributed by atoms with Gasteiger partial charge in [0.25, 0.3) is 0 Å². The van der Waals surface area contributed by atoms with E-state index in [0.29, 0.717) is 17.9 Å². The third-order valence-electron chi connectivity index (χ3n) is 10.2. The molecule has 0 aliphatic heterocycles. The van der Waals surface area contributed by atoms with Gasteiger partial charge in [0, 0.05) is 29.4 Å². The summed E-state index contributed by atoms with van der Waals surface area (Å²) in [5, 5.41) is 59.9. The van der Waals surface area contributed by atoms with Gasteiger partial charge in [0.15, 0.2) is 0 Å².